The van der Waals surface area contributed by atoms with Gasteiger partial charge in [0.15, 0.2) is 6.10 Å². The Hall–Kier alpha value is -1.77. The minimum Gasteiger partial charge on any atom is -0.462 e. The molecule has 0 radical (unpaired) electrons. The van der Waals surface area contributed by atoms with Crippen molar-refractivity contribution in [2.24, 2.45) is 5.73 Å². The lowest BCUT2D eigenvalue weighted by atomic mass is 10.0. The predicted octanol–water partition coefficient (Wildman–Crippen LogP) is 17.6. The zero-order chi connectivity index (χ0) is 48.8. The second-order valence-electron chi connectivity index (χ2n) is 19.2. The maximum Gasteiger partial charge on any atom is 0.472 e. The summed E-state index contributed by atoms with van der Waals surface area (Å²) in [5, 5.41) is 0. The Balaban J connectivity index is 3.90. The van der Waals surface area contributed by atoms with Gasteiger partial charge in [-0.05, 0) is 70.6 Å². The third kappa shape index (κ3) is 53.4. The van der Waals surface area contributed by atoms with E-state index in [9.17, 15) is 19.0 Å². The molecule has 0 saturated heterocycles. The quantitative estimate of drug-likeness (QED) is 0.0264. The van der Waals surface area contributed by atoms with Crippen LogP contribution in [-0.2, 0) is 32.7 Å². The van der Waals surface area contributed by atoms with Gasteiger partial charge >= 0.3 is 19.8 Å². The summed E-state index contributed by atoms with van der Waals surface area (Å²) in [7, 11) is -4.39. The van der Waals surface area contributed by atoms with Crippen LogP contribution < -0.4 is 5.73 Å². The number of carbonyl (C=O) groups is 2. The molecule has 0 bridgehead atoms. The van der Waals surface area contributed by atoms with E-state index >= 15 is 0 Å². The molecule has 0 amide bonds. The Morgan fingerprint density at radius 1 is 0.448 bits per heavy atom. The number of esters is 2. The van der Waals surface area contributed by atoms with Crippen molar-refractivity contribution in [1.29, 1.82) is 0 Å². The van der Waals surface area contributed by atoms with E-state index < -0.39 is 26.5 Å². The summed E-state index contributed by atoms with van der Waals surface area (Å²) in [6.45, 7) is 3.74. The Kier molecular flexibility index (Phi) is 52.2. The van der Waals surface area contributed by atoms with Gasteiger partial charge in [-0.25, -0.2) is 4.57 Å². The van der Waals surface area contributed by atoms with Gasteiger partial charge in [-0.3, -0.25) is 18.6 Å². The first-order valence-electron chi connectivity index (χ1n) is 28.5. The summed E-state index contributed by atoms with van der Waals surface area (Å²) in [4.78, 5) is 35.1. The molecule has 0 saturated carbocycles. The molecule has 2 unspecified atom stereocenters. The van der Waals surface area contributed by atoms with Crippen LogP contribution in [0.5, 0.6) is 0 Å². The summed E-state index contributed by atoms with van der Waals surface area (Å²) in [5.74, 6) is -0.825. The lowest BCUT2D eigenvalue weighted by Crippen LogP contribution is -2.29. The molecular weight excluding hydrogens is 858 g/mol. The highest BCUT2D eigenvalue weighted by Crippen LogP contribution is 2.43. The van der Waals surface area contributed by atoms with E-state index in [1.807, 2.05) is 0 Å². The smallest absolute Gasteiger partial charge is 0.462 e. The van der Waals surface area contributed by atoms with Crippen LogP contribution in [0.3, 0.4) is 0 Å². The molecule has 0 aromatic carbocycles. The molecule has 9 nitrogen and oxygen atoms in total. The van der Waals surface area contributed by atoms with Crippen LogP contribution in [0.2, 0.25) is 0 Å². The minimum absolute atomic E-state index is 0.0528. The average Bonchev–Trinajstić information content (AvgIpc) is 3.32. The minimum atomic E-state index is -4.39. The van der Waals surface area contributed by atoms with Crippen molar-refractivity contribution < 1.29 is 37.6 Å². The number of allylic oxidation sites excluding steroid dienone is 6. The van der Waals surface area contributed by atoms with Crippen molar-refractivity contribution >= 4 is 19.8 Å². The first-order valence-corrected chi connectivity index (χ1v) is 30.0. The van der Waals surface area contributed by atoms with Crippen molar-refractivity contribution in [3.8, 4) is 0 Å². The van der Waals surface area contributed by atoms with Crippen LogP contribution in [0.4, 0.5) is 0 Å². The largest absolute Gasteiger partial charge is 0.472 e. The maximum atomic E-state index is 12.7. The Labute approximate surface area is 414 Å². The van der Waals surface area contributed by atoms with Gasteiger partial charge in [-0.15, -0.1) is 0 Å². The molecule has 0 aliphatic carbocycles. The van der Waals surface area contributed by atoms with E-state index in [1.165, 1.54) is 199 Å². The fourth-order valence-corrected chi connectivity index (χ4v) is 9.02. The highest BCUT2D eigenvalue weighted by Gasteiger charge is 2.26. The van der Waals surface area contributed by atoms with E-state index in [2.05, 4.69) is 50.3 Å². The third-order valence-corrected chi connectivity index (χ3v) is 13.5. The van der Waals surface area contributed by atoms with Crippen LogP contribution in [0.15, 0.2) is 36.5 Å². The van der Waals surface area contributed by atoms with Crippen molar-refractivity contribution in [1.82, 2.24) is 0 Å². The Morgan fingerprint density at radius 2 is 0.776 bits per heavy atom. The maximum absolute atomic E-state index is 12.7. The Morgan fingerprint density at radius 3 is 1.18 bits per heavy atom. The van der Waals surface area contributed by atoms with Crippen molar-refractivity contribution in [3.63, 3.8) is 0 Å². The Bertz CT molecular complexity index is 1190. The van der Waals surface area contributed by atoms with Gasteiger partial charge in [-0.1, -0.05) is 237 Å². The van der Waals surface area contributed by atoms with Gasteiger partial charge in [-0.2, -0.15) is 0 Å². The van der Waals surface area contributed by atoms with Crippen LogP contribution in [0, 0.1) is 0 Å². The molecule has 2 atom stereocenters. The first-order chi connectivity index (χ1) is 32.8. The van der Waals surface area contributed by atoms with Crippen LogP contribution >= 0.6 is 7.82 Å². The van der Waals surface area contributed by atoms with Crippen molar-refractivity contribution in [3.05, 3.63) is 36.5 Å². The van der Waals surface area contributed by atoms with Gasteiger partial charge in [0, 0.05) is 19.4 Å². The zero-order valence-electron chi connectivity index (χ0n) is 43.9. The van der Waals surface area contributed by atoms with E-state index in [0.29, 0.717) is 6.42 Å². The molecule has 0 aromatic heterocycles. The number of unbranched alkanes of at least 4 members (excludes halogenated alkanes) is 35. The molecule has 0 heterocycles. The molecule has 10 heteroatoms. The fraction of sp³-hybridized carbons (Fsp3) is 0.860. The zero-order valence-corrected chi connectivity index (χ0v) is 44.8. The lowest BCUT2D eigenvalue weighted by Gasteiger charge is -2.19. The fourth-order valence-electron chi connectivity index (χ4n) is 8.25. The topological polar surface area (TPSA) is 134 Å². The van der Waals surface area contributed by atoms with Crippen LogP contribution in [0.25, 0.3) is 0 Å². The number of hydrogen-bond acceptors (Lipinski definition) is 8. The van der Waals surface area contributed by atoms with Gasteiger partial charge in [0.2, 0.25) is 0 Å². The number of carbonyl (C=O) groups excluding carboxylic acids is 2. The predicted molar refractivity (Wildman–Crippen MR) is 284 cm³/mol. The molecule has 0 aliphatic heterocycles. The van der Waals surface area contributed by atoms with Gasteiger partial charge in [0.25, 0.3) is 0 Å². The van der Waals surface area contributed by atoms with Crippen molar-refractivity contribution in [2.45, 2.75) is 290 Å². The number of nitrogens with two attached hydrogens (primary N) is 1. The second-order valence-corrected chi connectivity index (χ2v) is 20.6. The summed E-state index contributed by atoms with van der Waals surface area (Å²) < 4.78 is 33.0. The standard InChI is InChI=1S/C57H108NO8P/c1-3-5-7-9-11-13-15-17-19-21-22-23-24-25-26-27-28-29-30-31-32-34-35-37-39-41-43-45-47-49-56(59)63-53-55(54-65-67(61,62)64-52-51-58)66-57(60)50-48-46-44-42-40-38-36-33-20-18-16-14-12-10-8-6-4-2/h12,14,18,20-22,55H,3-11,13,15-17,19,23-54,58H2,1-2H3,(H,61,62)/b14-12-,20-18-,22-21-. The van der Waals surface area contributed by atoms with E-state index in [0.717, 1.165) is 51.4 Å². The molecule has 3 N–H and O–H groups in total. The van der Waals surface area contributed by atoms with E-state index in [1.54, 1.807) is 0 Å². The number of hydrogen-bond donors (Lipinski definition) is 2. The second kappa shape index (κ2) is 53.6. The molecule has 0 aromatic rings. The third-order valence-electron chi connectivity index (χ3n) is 12.5. The van der Waals surface area contributed by atoms with E-state index in [-0.39, 0.29) is 38.6 Å². The van der Waals surface area contributed by atoms with Crippen molar-refractivity contribution in [2.75, 3.05) is 26.4 Å². The molecule has 394 valence electrons. The van der Waals surface area contributed by atoms with E-state index in [4.69, 9.17) is 24.3 Å². The molecule has 0 spiro atoms. The van der Waals surface area contributed by atoms with Gasteiger partial charge in [0.05, 0.1) is 13.2 Å². The highest BCUT2D eigenvalue weighted by atomic mass is 31.2. The molecule has 0 aliphatic rings. The summed E-state index contributed by atoms with van der Waals surface area (Å²) in [6.07, 6.45) is 63.5. The highest BCUT2D eigenvalue weighted by molar-refractivity contribution is 7.47. The SMILES string of the molecule is CCCCC/C=C\C/C=C\CCCCCCCCCC(=O)OC(COC(=O)CCCCCCCCCCCCCCCCCCC/C=C\CCCCCCCCCC)COP(=O)(O)OCCN. The van der Waals surface area contributed by atoms with Crippen LogP contribution in [-0.4, -0.2) is 49.3 Å². The number of ether oxygens (including phenoxy) is 2. The molecular formula is C57H108NO8P. The summed E-state index contributed by atoms with van der Waals surface area (Å²) in [6, 6.07) is 0. The monoisotopic (exact) mass is 966 g/mol. The number of phosphoric acid groups is 1. The van der Waals surface area contributed by atoms with Crippen LogP contribution in [0.1, 0.15) is 284 Å². The summed E-state index contributed by atoms with van der Waals surface area (Å²) in [5.41, 5.74) is 5.37. The average molecular weight is 966 g/mol. The lowest BCUT2D eigenvalue weighted by molar-refractivity contribution is -0.161. The molecule has 67 heavy (non-hydrogen) atoms. The first kappa shape index (κ1) is 65.2. The number of phosphoric ester groups is 1. The number of rotatable bonds is 54. The van der Waals surface area contributed by atoms with Gasteiger partial charge in [0.1, 0.15) is 6.61 Å². The molecule has 0 fully saturated rings. The van der Waals surface area contributed by atoms with Gasteiger partial charge < -0.3 is 20.1 Å². The molecule has 0 rings (SSSR count). The normalized spacial score (nSPS) is 13.3. The summed E-state index contributed by atoms with van der Waals surface area (Å²) >= 11 is 0.